The van der Waals surface area contributed by atoms with E-state index in [-0.39, 0.29) is 23.1 Å². The van der Waals surface area contributed by atoms with Crippen LogP contribution in [0.15, 0.2) is 59.5 Å². The molecule has 3 aromatic carbocycles. The van der Waals surface area contributed by atoms with Gasteiger partial charge in [-0.2, -0.15) is 0 Å². The number of amides is 2. The SMILES string of the molecule is CCNC(=O)[C@@H](C)N(Cc1ccc(Cl)c(Cl)c1)C(=O)CN(c1cc(C)cc(C)c1)S(=O)(=O)c1ccc(OC)c(OC)c1. The first kappa shape index (κ1) is 33.0. The third-order valence-electron chi connectivity index (χ3n) is 6.57. The van der Waals surface area contributed by atoms with Crippen LogP contribution in [0, 0.1) is 13.8 Å². The fourth-order valence-electron chi connectivity index (χ4n) is 4.47. The van der Waals surface area contributed by atoms with Crippen LogP contribution in [0.2, 0.25) is 10.0 Å². The molecule has 0 spiro atoms. The molecule has 3 rings (SSSR count). The standard InChI is InChI=1S/C30H35Cl2N3O6S/c1-7-33-30(37)21(4)34(17-22-8-10-25(31)26(32)15-22)29(36)18-35(23-13-19(2)12-20(3)14-23)42(38,39)24-9-11-27(40-5)28(16-24)41-6/h8-16,21H,7,17-18H2,1-6H3,(H,33,37)/t21-/m1/s1. The Bertz CT molecular complexity index is 1540. The van der Waals surface area contributed by atoms with E-state index in [1.807, 2.05) is 19.9 Å². The van der Waals surface area contributed by atoms with E-state index < -0.39 is 28.5 Å². The molecule has 0 heterocycles. The Morgan fingerprint density at radius 2 is 1.55 bits per heavy atom. The van der Waals surface area contributed by atoms with Crippen LogP contribution in [0.3, 0.4) is 0 Å². The quantitative estimate of drug-likeness (QED) is 0.287. The predicted molar refractivity (Wildman–Crippen MR) is 165 cm³/mol. The zero-order valence-corrected chi connectivity index (χ0v) is 26.7. The summed E-state index contributed by atoms with van der Waals surface area (Å²) >= 11 is 12.3. The minimum atomic E-state index is -4.30. The van der Waals surface area contributed by atoms with Gasteiger partial charge in [-0.3, -0.25) is 13.9 Å². The van der Waals surface area contributed by atoms with Crippen molar-refractivity contribution < 1.29 is 27.5 Å². The summed E-state index contributed by atoms with van der Waals surface area (Å²) in [7, 11) is -1.45. The Labute approximate surface area is 257 Å². The summed E-state index contributed by atoms with van der Waals surface area (Å²) in [4.78, 5) is 28.2. The lowest BCUT2D eigenvalue weighted by molar-refractivity contribution is -0.139. The average Bonchev–Trinajstić information content (AvgIpc) is 2.94. The summed E-state index contributed by atoms with van der Waals surface area (Å²) in [5, 5.41) is 3.37. The molecule has 0 aliphatic carbocycles. The maximum Gasteiger partial charge on any atom is 0.264 e. The fraction of sp³-hybridized carbons (Fsp3) is 0.333. The lowest BCUT2D eigenvalue weighted by Crippen LogP contribution is -2.51. The topological polar surface area (TPSA) is 105 Å². The molecule has 0 fully saturated rings. The van der Waals surface area contributed by atoms with Crippen molar-refractivity contribution in [2.75, 3.05) is 31.6 Å². The second-order valence-electron chi connectivity index (χ2n) is 9.72. The van der Waals surface area contributed by atoms with Crippen molar-refractivity contribution in [3.8, 4) is 11.5 Å². The summed E-state index contributed by atoms with van der Waals surface area (Å²) in [6.45, 7) is 6.81. The predicted octanol–water partition coefficient (Wildman–Crippen LogP) is 5.38. The smallest absolute Gasteiger partial charge is 0.264 e. The van der Waals surface area contributed by atoms with Crippen LogP contribution >= 0.6 is 23.2 Å². The van der Waals surface area contributed by atoms with Gasteiger partial charge in [-0.25, -0.2) is 8.42 Å². The van der Waals surface area contributed by atoms with Gasteiger partial charge in [0, 0.05) is 19.2 Å². The van der Waals surface area contributed by atoms with E-state index in [1.165, 1.54) is 37.3 Å². The van der Waals surface area contributed by atoms with Crippen molar-refractivity contribution in [2.45, 2.75) is 45.2 Å². The second kappa shape index (κ2) is 14.1. The molecule has 2 amide bonds. The normalized spacial score (nSPS) is 11.9. The highest BCUT2D eigenvalue weighted by molar-refractivity contribution is 7.92. The number of carbonyl (C=O) groups is 2. The largest absolute Gasteiger partial charge is 0.493 e. The first-order valence-electron chi connectivity index (χ1n) is 13.2. The number of nitrogens with zero attached hydrogens (tertiary/aromatic N) is 2. The van der Waals surface area contributed by atoms with Crippen LogP contribution < -0.4 is 19.1 Å². The number of hydrogen-bond donors (Lipinski definition) is 1. The van der Waals surface area contributed by atoms with Crippen LogP contribution in [-0.4, -0.2) is 58.5 Å². The third-order valence-corrected chi connectivity index (χ3v) is 9.08. The molecule has 9 nitrogen and oxygen atoms in total. The molecule has 0 saturated heterocycles. The van der Waals surface area contributed by atoms with E-state index in [0.29, 0.717) is 33.6 Å². The van der Waals surface area contributed by atoms with Crippen molar-refractivity contribution in [1.82, 2.24) is 10.2 Å². The van der Waals surface area contributed by atoms with Gasteiger partial charge in [-0.05, 0) is 80.8 Å². The van der Waals surface area contributed by atoms with Gasteiger partial charge in [0.05, 0.1) is 34.8 Å². The molecule has 0 bridgehead atoms. The fourth-order valence-corrected chi connectivity index (χ4v) is 6.20. The molecule has 0 aliphatic heterocycles. The average molecular weight is 637 g/mol. The van der Waals surface area contributed by atoms with Crippen LogP contribution in [0.25, 0.3) is 0 Å². The molecule has 0 unspecified atom stereocenters. The Morgan fingerprint density at radius 1 is 0.905 bits per heavy atom. The Balaban J connectivity index is 2.12. The molecule has 1 atom stereocenters. The van der Waals surface area contributed by atoms with Gasteiger partial charge in [0.15, 0.2) is 11.5 Å². The number of benzene rings is 3. The molecule has 3 aromatic rings. The highest BCUT2D eigenvalue weighted by atomic mass is 35.5. The summed E-state index contributed by atoms with van der Waals surface area (Å²) < 4.78 is 40.0. The Kier molecular flexibility index (Phi) is 11.1. The minimum absolute atomic E-state index is 0.00881. The zero-order chi connectivity index (χ0) is 31.2. The Hall–Kier alpha value is -3.47. The maximum atomic E-state index is 14.2. The molecule has 42 heavy (non-hydrogen) atoms. The van der Waals surface area contributed by atoms with E-state index in [9.17, 15) is 18.0 Å². The van der Waals surface area contributed by atoms with E-state index >= 15 is 0 Å². The van der Waals surface area contributed by atoms with Crippen molar-refractivity contribution in [1.29, 1.82) is 0 Å². The van der Waals surface area contributed by atoms with Gasteiger partial charge in [0.1, 0.15) is 12.6 Å². The Morgan fingerprint density at radius 3 is 2.12 bits per heavy atom. The van der Waals surface area contributed by atoms with Crippen LogP contribution in [-0.2, 0) is 26.2 Å². The number of halogens is 2. The number of aryl methyl sites for hydroxylation is 2. The molecule has 12 heteroatoms. The van der Waals surface area contributed by atoms with E-state index in [4.69, 9.17) is 32.7 Å². The summed E-state index contributed by atoms with van der Waals surface area (Å²) in [6, 6.07) is 13.5. The number of methoxy groups -OCH3 is 2. The number of sulfonamides is 1. The molecule has 1 N–H and O–H groups in total. The van der Waals surface area contributed by atoms with Gasteiger partial charge >= 0.3 is 0 Å². The number of likely N-dealkylation sites (N-methyl/N-ethyl adjacent to an activating group) is 1. The van der Waals surface area contributed by atoms with Crippen LogP contribution in [0.5, 0.6) is 11.5 Å². The number of rotatable bonds is 12. The number of carbonyl (C=O) groups excluding carboxylic acids is 2. The van der Waals surface area contributed by atoms with E-state index in [0.717, 1.165) is 15.4 Å². The van der Waals surface area contributed by atoms with Gasteiger partial charge in [-0.1, -0.05) is 35.3 Å². The molecule has 226 valence electrons. The molecule has 0 aliphatic rings. The highest BCUT2D eigenvalue weighted by Gasteiger charge is 2.33. The molecular formula is C30H35Cl2N3O6S. The first-order chi connectivity index (χ1) is 19.8. The van der Waals surface area contributed by atoms with Crippen molar-refractivity contribution >= 4 is 50.7 Å². The van der Waals surface area contributed by atoms with Gasteiger partial charge in [-0.15, -0.1) is 0 Å². The lowest BCUT2D eigenvalue weighted by Gasteiger charge is -2.32. The van der Waals surface area contributed by atoms with E-state index in [2.05, 4.69) is 5.32 Å². The monoisotopic (exact) mass is 635 g/mol. The molecular weight excluding hydrogens is 601 g/mol. The number of anilines is 1. The van der Waals surface area contributed by atoms with Crippen molar-refractivity contribution in [3.63, 3.8) is 0 Å². The van der Waals surface area contributed by atoms with E-state index in [1.54, 1.807) is 44.2 Å². The highest BCUT2D eigenvalue weighted by Crippen LogP contribution is 2.33. The maximum absolute atomic E-state index is 14.2. The summed E-state index contributed by atoms with van der Waals surface area (Å²) in [5.74, 6) is -0.403. The van der Waals surface area contributed by atoms with Crippen LogP contribution in [0.4, 0.5) is 5.69 Å². The minimum Gasteiger partial charge on any atom is -0.493 e. The molecule has 0 radical (unpaired) electrons. The van der Waals surface area contributed by atoms with Gasteiger partial charge in [0.2, 0.25) is 11.8 Å². The molecule has 0 aromatic heterocycles. The van der Waals surface area contributed by atoms with Crippen molar-refractivity contribution in [2.24, 2.45) is 0 Å². The molecule has 0 saturated carbocycles. The first-order valence-corrected chi connectivity index (χ1v) is 15.4. The zero-order valence-electron chi connectivity index (χ0n) is 24.4. The lowest BCUT2D eigenvalue weighted by atomic mass is 10.1. The summed E-state index contributed by atoms with van der Waals surface area (Å²) in [5.41, 5.74) is 2.55. The number of ether oxygens (including phenoxy) is 2. The summed E-state index contributed by atoms with van der Waals surface area (Å²) in [6.07, 6.45) is 0. The van der Waals surface area contributed by atoms with Crippen LogP contribution in [0.1, 0.15) is 30.5 Å². The number of hydrogen-bond acceptors (Lipinski definition) is 6. The van der Waals surface area contributed by atoms with Gasteiger partial charge < -0.3 is 19.7 Å². The van der Waals surface area contributed by atoms with Gasteiger partial charge in [0.25, 0.3) is 10.0 Å². The number of nitrogens with one attached hydrogen (secondary N) is 1. The third kappa shape index (κ3) is 7.67. The second-order valence-corrected chi connectivity index (χ2v) is 12.4. The van der Waals surface area contributed by atoms with Crippen molar-refractivity contribution in [3.05, 3.63) is 81.3 Å².